The summed E-state index contributed by atoms with van der Waals surface area (Å²) in [6.07, 6.45) is 0. The SMILES string of the molecule is CC1(C)c2cc(N(c3ccc(-c4ccccc4)cc3)c3ccc4c5c(n(-c6ccccc6)c4c3)-c3cccc4cccc-5c34)ccc2-c2ccc(N(c3ccccc3)c3cccc4ccccc34)cc21. The summed E-state index contributed by atoms with van der Waals surface area (Å²) in [5, 5.41) is 6.30. The van der Waals surface area contributed by atoms with Gasteiger partial charge in [-0.3, -0.25) is 0 Å². The molecule has 330 valence electrons. The van der Waals surface area contributed by atoms with Crippen LogP contribution in [0.3, 0.4) is 0 Å². The van der Waals surface area contributed by atoms with Crippen LogP contribution in [-0.4, -0.2) is 4.57 Å². The fourth-order valence-electron chi connectivity index (χ4n) is 11.8. The van der Waals surface area contributed by atoms with Gasteiger partial charge in [0.25, 0.3) is 0 Å². The highest BCUT2D eigenvalue weighted by Crippen LogP contribution is 2.55. The Bertz CT molecular complexity index is 4010. The smallest absolute Gasteiger partial charge is 0.0626 e. The van der Waals surface area contributed by atoms with Crippen molar-refractivity contribution in [1.29, 1.82) is 0 Å². The van der Waals surface area contributed by atoms with Gasteiger partial charge >= 0.3 is 0 Å². The molecule has 0 atom stereocenters. The van der Waals surface area contributed by atoms with E-state index in [1.807, 2.05) is 0 Å². The van der Waals surface area contributed by atoms with Crippen molar-refractivity contribution in [3.63, 3.8) is 0 Å². The zero-order valence-corrected chi connectivity index (χ0v) is 39.0. The standard InChI is InChI=1S/C67H47N3/c1-67(2)60-41-51(35-38-55(60)56-39-36-52(42-61(56)67)69(48-23-8-4-9-24-48)62-30-16-20-46-19-12-13-27-54(46)62)68(50-33-31-45(32-34-50)44-17-6-3-7-18-44)53-37-40-57-63(43-53)70(49-25-10-5-11-26-49)66-59-29-15-22-47-21-14-28-58(64(47)59)65(57)66/h3-43H,1-2H3. The number of aromatic nitrogens is 1. The maximum atomic E-state index is 2.50. The molecule has 12 aromatic rings. The molecular formula is C67H47N3. The van der Waals surface area contributed by atoms with Gasteiger partial charge in [0.1, 0.15) is 0 Å². The second-order valence-electron chi connectivity index (χ2n) is 19.3. The molecule has 2 aliphatic rings. The average Bonchev–Trinajstić information content (AvgIpc) is 4.01. The highest BCUT2D eigenvalue weighted by Gasteiger charge is 2.37. The Hall–Kier alpha value is -8.92. The van der Waals surface area contributed by atoms with Crippen LogP contribution in [0.4, 0.5) is 34.1 Å². The molecule has 0 spiro atoms. The monoisotopic (exact) mass is 893 g/mol. The van der Waals surface area contributed by atoms with Crippen molar-refractivity contribution in [2.24, 2.45) is 0 Å². The Morgan fingerprint density at radius 3 is 1.61 bits per heavy atom. The third-order valence-electron chi connectivity index (χ3n) is 15.1. The second kappa shape index (κ2) is 15.6. The van der Waals surface area contributed by atoms with E-state index in [0.717, 1.165) is 39.8 Å². The number of rotatable bonds is 8. The Morgan fingerprint density at radius 2 is 0.886 bits per heavy atom. The molecule has 0 unspecified atom stereocenters. The van der Waals surface area contributed by atoms with E-state index in [0.29, 0.717) is 0 Å². The van der Waals surface area contributed by atoms with Crippen molar-refractivity contribution in [3.8, 4) is 50.3 Å². The summed E-state index contributed by atoms with van der Waals surface area (Å²) in [5.41, 5.74) is 21.5. The van der Waals surface area contributed by atoms with Crippen molar-refractivity contribution >= 4 is 66.6 Å². The van der Waals surface area contributed by atoms with Gasteiger partial charge in [-0.05, 0) is 134 Å². The van der Waals surface area contributed by atoms with Crippen LogP contribution < -0.4 is 9.80 Å². The topological polar surface area (TPSA) is 11.4 Å². The highest BCUT2D eigenvalue weighted by atomic mass is 15.2. The quantitative estimate of drug-likeness (QED) is 0.151. The minimum absolute atomic E-state index is 0.290. The lowest BCUT2D eigenvalue weighted by molar-refractivity contribution is 0.660. The van der Waals surface area contributed by atoms with Crippen molar-refractivity contribution in [2.75, 3.05) is 9.80 Å². The summed E-state index contributed by atoms with van der Waals surface area (Å²) in [6.45, 7) is 4.79. The largest absolute Gasteiger partial charge is 0.310 e. The van der Waals surface area contributed by atoms with E-state index < -0.39 is 0 Å². The van der Waals surface area contributed by atoms with E-state index in [1.54, 1.807) is 0 Å². The van der Waals surface area contributed by atoms with Crippen LogP contribution in [0.5, 0.6) is 0 Å². The minimum atomic E-state index is -0.290. The Balaban J connectivity index is 0.933. The fourth-order valence-corrected chi connectivity index (χ4v) is 11.8. The molecule has 3 heteroatoms. The van der Waals surface area contributed by atoms with E-state index in [1.165, 1.54) is 88.2 Å². The minimum Gasteiger partial charge on any atom is -0.310 e. The van der Waals surface area contributed by atoms with E-state index in [2.05, 4.69) is 277 Å². The summed E-state index contributed by atoms with van der Waals surface area (Å²) in [4.78, 5) is 4.88. The van der Waals surface area contributed by atoms with E-state index >= 15 is 0 Å². The summed E-state index contributed by atoms with van der Waals surface area (Å²) in [6, 6.07) is 91.6. The molecule has 0 bridgehead atoms. The molecule has 0 saturated carbocycles. The summed E-state index contributed by atoms with van der Waals surface area (Å²) < 4.78 is 2.50. The van der Waals surface area contributed by atoms with Gasteiger partial charge in [-0.15, -0.1) is 0 Å². The Kier molecular flexibility index (Phi) is 8.93. The first-order valence-electron chi connectivity index (χ1n) is 24.3. The van der Waals surface area contributed by atoms with E-state index in [9.17, 15) is 0 Å². The molecular weight excluding hydrogens is 847 g/mol. The zero-order chi connectivity index (χ0) is 46.5. The van der Waals surface area contributed by atoms with Gasteiger partial charge in [0, 0.05) is 61.4 Å². The van der Waals surface area contributed by atoms with Crippen LogP contribution in [-0.2, 0) is 5.41 Å². The molecule has 3 nitrogen and oxygen atoms in total. The number of benzene rings is 11. The number of anilines is 6. The maximum Gasteiger partial charge on any atom is 0.0626 e. The first-order valence-corrected chi connectivity index (χ1v) is 24.3. The van der Waals surface area contributed by atoms with Gasteiger partial charge in [-0.2, -0.15) is 0 Å². The highest BCUT2D eigenvalue weighted by molar-refractivity contribution is 6.22. The molecule has 70 heavy (non-hydrogen) atoms. The zero-order valence-electron chi connectivity index (χ0n) is 39.0. The molecule has 1 heterocycles. The van der Waals surface area contributed by atoms with Crippen molar-refractivity contribution in [2.45, 2.75) is 19.3 Å². The van der Waals surface area contributed by atoms with Gasteiger partial charge in [0.2, 0.25) is 0 Å². The van der Waals surface area contributed by atoms with Gasteiger partial charge in [-0.1, -0.05) is 184 Å². The lowest BCUT2D eigenvalue weighted by atomic mass is 9.82. The molecule has 0 saturated heterocycles. The normalized spacial score (nSPS) is 12.8. The number of para-hydroxylation sites is 2. The van der Waals surface area contributed by atoms with Crippen LogP contribution in [0.2, 0.25) is 0 Å². The molecule has 0 amide bonds. The molecule has 1 aromatic heterocycles. The average molecular weight is 894 g/mol. The third kappa shape index (κ3) is 6.08. The summed E-state index contributed by atoms with van der Waals surface area (Å²) >= 11 is 0. The fraction of sp³-hybridized carbons (Fsp3) is 0.0448. The molecule has 0 fully saturated rings. The molecule has 0 N–H and O–H groups in total. The Labute approximate surface area is 408 Å². The lowest BCUT2D eigenvalue weighted by Crippen LogP contribution is -2.17. The van der Waals surface area contributed by atoms with E-state index in [4.69, 9.17) is 0 Å². The molecule has 0 radical (unpaired) electrons. The lowest BCUT2D eigenvalue weighted by Gasteiger charge is -2.30. The molecule has 11 aromatic carbocycles. The van der Waals surface area contributed by atoms with Crippen LogP contribution in [0.25, 0.3) is 82.8 Å². The van der Waals surface area contributed by atoms with Gasteiger partial charge in [0.05, 0.1) is 16.9 Å². The Morgan fingerprint density at radius 1 is 0.357 bits per heavy atom. The number of fused-ring (bicyclic) bond motifs is 9. The van der Waals surface area contributed by atoms with Gasteiger partial charge < -0.3 is 14.4 Å². The summed E-state index contributed by atoms with van der Waals surface area (Å²) in [7, 11) is 0. The van der Waals surface area contributed by atoms with Gasteiger partial charge in [0.15, 0.2) is 0 Å². The second-order valence-corrected chi connectivity index (χ2v) is 19.3. The third-order valence-corrected chi connectivity index (χ3v) is 15.1. The van der Waals surface area contributed by atoms with Crippen molar-refractivity contribution in [3.05, 3.63) is 260 Å². The molecule has 2 aliphatic carbocycles. The predicted octanol–water partition coefficient (Wildman–Crippen LogP) is 18.5. The number of hydrogen-bond acceptors (Lipinski definition) is 2. The first kappa shape index (κ1) is 40.2. The number of hydrogen-bond donors (Lipinski definition) is 0. The van der Waals surface area contributed by atoms with Crippen LogP contribution in [0.1, 0.15) is 25.0 Å². The van der Waals surface area contributed by atoms with Gasteiger partial charge in [-0.25, -0.2) is 0 Å². The van der Waals surface area contributed by atoms with E-state index in [-0.39, 0.29) is 5.41 Å². The maximum absolute atomic E-state index is 2.50. The van der Waals surface area contributed by atoms with Crippen LogP contribution in [0, 0.1) is 0 Å². The van der Waals surface area contributed by atoms with Crippen molar-refractivity contribution in [1.82, 2.24) is 4.57 Å². The van der Waals surface area contributed by atoms with Crippen LogP contribution in [0.15, 0.2) is 249 Å². The summed E-state index contributed by atoms with van der Waals surface area (Å²) in [5.74, 6) is 0. The van der Waals surface area contributed by atoms with Crippen LogP contribution >= 0.6 is 0 Å². The molecule has 14 rings (SSSR count). The molecule has 0 aliphatic heterocycles. The number of nitrogens with zero attached hydrogens (tertiary/aromatic N) is 3. The van der Waals surface area contributed by atoms with Crippen molar-refractivity contribution < 1.29 is 0 Å². The first-order chi connectivity index (χ1) is 34.5. The predicted molar refractivity (Wildman–Crippen MR) is 295 cm³/mol.